The number of primary amides is 1. The summed E-state index contributed by atoms with van der Waals surface area (Å²) >= 11 is 1.61. The van der Waals surface area contributed by atoms with Crippen LogP contribution in [0.15, 0.2) is 108 Å². The van der Waals surface area contributed by atoms with Crippen LogP contribution in [0.1, 0.15) is 32.0 Å². The first kappa shape index (κ1) is 24.3. The standard InChI is InChI=1S/C30H24FN3O2S/c31-23-10-6-9-21(15-23)18-34-26-14-13-24(16-22(26)17-27(34)29(32)35)33-30(36)25-11-4-5-12-28(25)37-19-20-7-2-1-3-8-20/h1-17H,18-19H2,(H2,32,35)(H,33,36). The molecule has 5 rings (SSSR count). The van der Waals surface area contributed by atoms with E-state index in [1.807, 2.05) is 54.6 Å². The average molecular weight is 510 g/mol. The van der Waals surface area contributed by atoms with Gasteiger partial charge in [-0.3, -0.25) is 9.59 Å². The van der Waals surface area contributed by atoms with Crippen molar-refractivity contribution in [1.82, 2.24) is 4.57 Å². The van der Waals surface area contributed by atoms with Crippen molar-refractivity contribution in [3.8, 4) is 0 Å². The van der Waals surface area contributed by atoms with Gasteiger partial charge in [0.05, 0.1) is 5.56 Å². The molecule has 0 fully saturated rings. The van der Waals surface area contributed by atoms with Gasteiger partial charge in [0.15, 0.2) is 0 Å². The number of nitrogens with one attached hydrogen (secondary N) is 1. The van der Waals surface area contributed by atoms with Gasteiger partial charge >= 0.3 is 0 Å². The zero-order chi connectivity index (χ0) is 25.8. The molecular formula is C30H24FN3O2S. The average Bonchev–Trinajstić information content (AvgIpc) is 3.26. The first-order valence-corrected chi connectivity index (χ1v) is 12.7. The van der Waals surface area contributed by atoms with Crippen LogP contribution in [0.5, 0.6) is 0 Å². The second-order valence-corrected chi connectivity index (χ2v) is 9.63. The van der Waals surface area contributed by atoms with E-state index in [-0.39, 0.29) is 18.3 Å². The second-order valence-electron chi connectivity index (χ2n) is 8.61. The summed E-state index contributed by atoms with van der Waals surface area (Å²) in [6, 6.07) is 30.9. The van der Waals surface area contributed by atoms with E-state index in [4.69, 9.17) is 5.73 Å². The SMILES string of the molecule is NC(=O)c1cc2cc(NC(=O)c3ccccc3SCc3ccccc3)ccc2n1Cc1cccc(F)c1. The van der Waals surface area contributed by atoms with Crippen LogP contribution in [0, 0.1) is 5.82 Å². The Morgan fingerprint density at radius 3 is 2.38 bits per heavy atom. The van der Waals surface area contributed by atoms with E-state index in [0.29, 0.717) is 22.5 Å². The fourth-order valence-corrected chi connectivity index (χ4v) is 5.26. The molecule has 0 saturated heterocycles. The van der Waals surface area contributed by atoms with E-state index in [0.717, 1.165) is 21.6 Å². The maximum Gasteiger partial charge on any atom is 0.265 e. The molecule has 5 nitrogen and oxygen atoms in total. The van der Waals surface area contributed by atoms with Gasteiger partial charge in [0.2, 0.25) is 0 Å². The van der Waals surface area contributed by atoms with Gasteiger partial charge in [0.25, 0.3) is 11.8 Å². The molecule has 0 saturated carbocycles. The fourth-order valence-electron chi connectivity index (χ4n) is 4.25. The fraction of sp³-hybridized carbons (Fsp3) is 0.0667. The number of anilines is 1. The molecule has 0 aliphatic rings. The Balaban J connectivity index is 1.39. The van der Waals surface area contributed by atoms with E-state index in [1.54, 1.807) is 40.6 Å². The van der Waals surface area contributed by atoms with Gasteiger partial charge in [-0.2, -0.15) is 0 Å². The molecule has 2 amide bonds. The normalized spacial score (nSPS) is 10.9. The number of thioether (sulfide) groups is 1. The number of benzene rings is 4. The van der Waals surface area contributed by atoms with Crippen LogP contribution in [0.2, 0.25) is 0 Å². The molecule has 184 valence electrons. The van der Waals surface area contributed by atoms with Crippen LogP contribution < -0.4 is 11.1 Å². The summed E-state index contributed by atoms with van der Waals surface area (Å²) in [5.74, 6) is -0.389. The predicted molar refractivity (Wildman–Crippen MR) is 146 cm³/mol. The van der Waals surface area contributed by atoms with Crippen molar-refractivity contribution < 1.29 is 14.0 Å². The molecule has 1 aromatic heterocycles. The van der Waals surface area contributed by atoms with Crippen molar-refractivity contribution >= 4 is 40.2 Å². The van der Waals surface area contributed by atoms with Crippen molar-refractivity contribution in [3.63, 3.8) is 0 Å². The highest BCUT2D eigenvalue weighted by Gasteiger charge is 2.16. The topological polar surface area (TPSA) is 77.1 Å². The molecule has 4 aromatic carbocycles. The van der Waals surface area contributed by atoms with Crippen LogP contribution in [-0.2, 0) is 12.3 Å². The highest BCUT2D eigenvalue weighted by atomic mass is 32.2. The van der Waals surface area contributed by atoms with Crippen molar-refractivity contribution in [2.24, 2.45) is 5.73 Å². The minimum atomic E-state index is -0.581. The Morgan fingerprint density at radius 2 is 1.59 bits per heavy atom. The van der Waals surface area contributed by atoms with Gasteiger partial charge < -0.3 is 15.6 Å². The number of rotatable bonds is 8. The number of hydrogen-bond donors (Lipinski definition) is 2. The molecular weight excluding hydrogens is 485 g/mol. The highest BCUT2D eigenvalue weighted by molar-refractivity contribution is 7.98. The van der Waals surface area contributed by atoms with E-state index >= 15 is 0 Å². The van der Waals surface area contributed by atoms with E-state index in [2.05, 4.69) is 17.4 Å². The number of nitrogens with two attached hydrogens (primary N) is 1. The summed E-state index contributed by atoms with van der Waals surface area (Å²) in [5.41, 5.74) is 9.78. The lowest BCUT2D eigenvalue weighted by molar-refractivity contribution is 0.0990. The Morgan fingerprint density at radius 1 is 0.838 bits per heavy atom. The zero-order valence-corrected chi connectivity index (χ0v) is 20.7. The molecule has 5 aromatic rings. The number of nitrogens with zero attached hydrogens (tertiary/aromatic N) is 1. The molecule has 3 N–H and O–H groups in total. The quantitative estimate of drug-likeness (QED) is 0.235. The van der Waals surface area contributed by atoms with E-state index in [1.165, 1.54) is 17.7 Å². The minimum absolute atomic E-state index is 0.218. The first-order valence-electron chi connectivity index (χ1n) is 11.7. The van der Waals surface area contributed by atoms with E-state index < -0.39 is 5.91 Å². The van der Waals surface area contributed by atoms with Crippen LogP contribution >= 0.6 is 11.8 Å². The summed E-state index contributed by atoms with van der Waals surface area (Å²) in [6.07, 6.45) is 0. The Kier molecular flexibility index (Phi) is 7.05. The van der Waals surface area contributed by atoms with Gasteiger partial charge in [0.1, 0.15) is 11.5 Å². The molecule has 37 heavy (non-hydrogen) atoms. The predicted octanol–water partition coefficient (Wildman–Crippen LogP) is 6.47. The summed E-state index contributed by atoms with van der Waals surface area (Å²) in [7, 11) is 0. The Bertz CT molecular complexity index is 1600. The molecule has 0 aliphatic heterocycles. The molecule has 0 radical (unpaired) electrons. The van der Waals surface area contributed by atoms with Crippen LogP contribution in [-0.4, -0.2) is 16.4 Å². The maximum absolute atomic E-state index is 13.7. The molecule has 0 bridgehead atoms. The summed E-state index contributed by atoms with van der Waals surface area (Å²) < 4.78 is 15.5. The number of hydrogen-bond acceptors (Lipinski definition) is 3. The number of carbonyl (C=O) groups is 2. The number of carbonyl (C=O) groups excluding carboxylic acids is 2. The van der Waals surface area contributed by atoms with Crippen molar-refractivity contribution in [2.45, 2.75) is 17.2 Å². The van der Waals surface area contributed by atoms with E-state index in [9.17, 15) is 14.0 Å². The first-order chi connectivity index (χ1) is 18.0. The van der Waals surface area contributed by atoms with Crippen LogP contribution in [0.25, 0.3) is 10.9 Å². The Labute approximate surface area is 218 Å². The lowest BCUT2D eigenvalue weighted by Crippen LogP contribution is -2.17. The molecule has 0 spiro atoms. The maximum atomic E-state index is 13.7. The van der Waals surface area contributed by atoms with Crippen LogP contribution in [0.4, 0.5) is 10.1 Å². The van der Waals surface area contributed by atoms with Crippen LogP contribution in [0.3, 0.4) is 0 Å². The van der Waals surface area contributed by atoms with Crippen molar-refractivity contribution in [2.75, 3.05) is 5.32 Å². The molecule has 7 heteroatoms. The summed E-state index contributed by atoms with van der Waals surface area (Å²) in [6.45, 7) is 0.289. The highest BCUT2D eigenvalue weighted by Crippen LogP contribution is 2.28. The molecule has 0 unspecified atom stereocenters. The largest absolute Gasteiger partial charge is 0.364 e. The van der Waals surface area contributed by atoms with Gasteiger partial charge in [-0.1, -0.05) is 54.6 Å². The molecule has 0 atom stereocenters. The smallest absolute Gasteiger partial charge is 0.265 e. The van der Waals surface area contributed by atoms with Crippen molar-refractivity contribution in [3.05, 3.63) is 131 Å². The van der Waals surface area contributed by atoms with Crippen molar-refractivity contribution in [1.29, 1.82) is 0 Å². The monoisotopic (exact) mass is 509 g/mol. The lowest BCUT2D eigenvalue weighted by Gasteiger charge is -2.11. The summed E-state index contributed by atoms with van der Waals surface area (Å²) in [5, 5.41) is 3.72. The van der Waals surface area contributed by atoms with Gasteiger partial charge in [-0.25, -0.2) is 4.39 Å². The van der Waals surface area contributed by atoms with Gasteiger partial charge in [-0.05, 0) is 59.7 Å². The number of fused-ring (bicyclic) bond motifs is 1. The zero-order valence-electron chi connectivity index (χ0n) is 19.9. The summed E-state index contributed by atoms with van der Waals surface area (Å²) in [4.78, 5) is 26.2. The third-order valence-corrected chi connectivity index (χ3v) is 7.15. The molecule has 0 aliphatic carbocycles. The third kappa shape index (κ3) is 5.57. The van der Waals surface area contributed by atoms with Gasteiger partial charge in [-0.15, -0.1) is 11.8 Å². The lowest BCUT2D eigenvalue weighted by atomic mass is 10.2. The Hall–Kier alpha value is -4.36. The third-order valence-electron chi connectivity index (χ3n) is 6.01. The second kappa shape index (κ2) is 10.7. The number of aromatic nitrogens is 1. The minimum Gasteiger partial charge on any atom is -0.364 e. The molecule has 1 heterocycles. The number of halogens is 1. The number of amides is 2. The van der Waals surface area contributed by atoms with Gasteiger partial charge in [0, 0.05) is 33.8 Å².